The number of hydrogen-bond acceptors (Lipinski definition) is 3. The lowest BCUT2D eigenvalue weighted by molar-refractivity contribution is -0.160. The second-order valence-corrected chi connectivity index (χ2v) is 6.63. The van der Waals surface area contributed by atoms with Crippen LogP contribution in [-0.4, -0.2) is 46.5 Å². The number of carbonyl (C=O) groups excluding carboxylic acids is 1. The van der Waals surface area contributed by atoms with E-state index in [1.165, 1.54) is 0 Å². The molecule has 0 bridgehead atoms. The highest BCUT2D eigenvalue weighted by Gasteiger charge is 2.45. The summed E-state index contributed by atoms with van der Waals surface area (Å²) in [7, 11) is 0. The minimum Gasteiger partial charge on any atom is -0.480 e. The molecule has 0 aliphatic carbocycles. The number of likely N-dealkylation sites (tertiary alicyclic amines) is 1. The van der Waals surface area contributed by atoms with Crippen molar-refractivity contribution in [2.45, 2.75) is 39.7 Å². The van der Waals surface area contributed by atoms with Gasteiger partial charge in [0.05, 0.1) is 0 Å². The SMILES string of the molecule is CSCC(C)C(=O)N1CCCC(C)(C)C1C(=O)O. The molecule has 1 heterocycles. The molecule has 1 rings (SSSR count). The Labute approximate surface area is 113 Å². The number of piperidine rings is 1. The van der Waals surface area contributed by atoms with Gasteiger partial charge >= 0.3 is 5.97 Å². The molecule has 1 fully saturated rings. The Morgan fingerprint density at radius 2 is 2.11 bits per heavy atom. The first kappa shape index (κ1) is 15.3. The number of carboxylic acids is 1. The van der Waals surface area contributed by atoms with Crippen LogP contribution in [0.3, 0.4) is 0 Å². The van der Waals surface area contributed by atoms with Crippen molar-refractivity contribution in [3.63, 3.8) is 0 Å². The number of nitrogens with zero attached hydrogens (tertiary/aromatic N) is 1. The third-order valence-electron chi connectivity index (χ3n) is 3.63. The standard InChI is InChI=1S/C13H23NO3S/c1-9(8-18-4)11(15)14-7-5-6-13(2,3)10(14)12(16)17/h9-10H,5-8H2,1-4H3,(H,16,17). The number of thioether (sulfide) groups is 1. The van der Waals surface area contributed by atoms with E-state index >= 15 is 0 Å². The van der Waals surface area contributed by atoms with Gasteiger partial charge < -0.3 is 10.0 Å². The average molecular weight is 273 g/mol. The molecule has 1 N–H and O–H groups in total. The smallest absolute Gasteiger partial charge is 0.326 e. The van der Waals surface area contributed by atoms with Gasteiger partial charge in [-0.3, -0.25) is 4.79 Å². The van der Waals surface area contributed by atoms with Gasteiger partial charge in [0.2, 0.25) is 5.91 Å². The molecule has 1 aliphatic heterocycles. The fourth-order valence-electron chi connectivity index (χ4n) is 2.70. The van der Waals surface area contributed by atoms with E-state index < -0.39 is 12.0 Å². The van der Waals surface area contributed by atoms with E-state index in [1.807, 2.05) is 27.0 Å². The van der Waals surface area contributed by atoms with Crippen LogP contribution in [0, 0.1) is 11.3 Å². The van der Waals surface area contributed by atoms with Gasteiger partial charge in [-0.25, -0.2) is 4.79 Å². The minimum absolute atomic E-state index is 0.0236. The summed E-state index contributed by atoms with van der Waals surface area (Å²) in [6.07, 6.45) is 3.69. The maximum absolute atomic E-state index is 12.3. The van der Waals surface area contributed by atoms with E-state index in [0.717, 1.165) is 18.6 Å². The van der Waals surface area contributed by atoms with Crippen molar-refractivity contribution in [1.29, 1.82) is 0 Å². The molecule has 104 valence electrons. The Morgan fingerprint density at radius 3 is 2.61 bits per heavy atom. The van der Waals surface area contributed by atoms with Crippen LogP contribution in [0.15, 0.2) is 0 Å². The number of carbonyl (C=O) groups is 2. The topological polar surface area (TPSA) is 57.6 Å². The summed E-state index contributed by atoms with van der Waals surface area (Å²) in [5.74, 6) is -0.285. The van der Waals surface area contributed by atoms with E-state index in [-0.39, 0.29) is 17.2 Å². The normalized spacial score (nSPS) is 24.7. The third-order valence-corrected chi connectivity index (χ3v) is 4.46. The molecule has 5 heteroatoms. The van der Waals surface area contributed by atoms with Crippen molar-refractivity contribution >= 4 is 23.6 Å². The summed E-state index contributed by atoms with van der Waals surface area (Å²) in [6, 6.07) is -0.692. The molecule has 0 saturated carbocycles. The van der Waals surface area contributed by atoms with Crippen molar-refractivity contribution in [3.05, 3.63) is 0 Å². The maximum Gasteiger partial charge on any atom is 0.326 e. The average Bonchev–Trinajstić information content (AvgIpc) is 2.26. The predicted octanol–water partition coefficient (Wildman–Crippen LogP) is 2.09. The number of hydrogen-bond donors (Lipinski definition) is 1. The highest BCUT2D eigenvalue weighted by atomic mass is 32.2. The third kappa shape index (κ3) is 3.19. The first-order valence-corrected chi connectivity index (χ1v) is 7.73. The van der Waals surface area contributed by atoms with E-state index in [0.29, 0.717) is 6.54 Å². The zero-order valence-corrected chi connectivity index (χ0v) is 12.4. The maximum atomic E-state index is 12.3. The first-order chi connectivity index (χ1) is 8.31. The summed E-state index contributed by atoms with van der Waals surface area (Å²) in [5.41, 5.74) is -0.348. The molecule has 2 unspecified atom stereocenters. The van der Waals surface area contributed by atoms with Crippen LogP contribution in [-0.2, 0) is 9.59 Å². The van der Waals surface area contributed by atoms with Crippen molar-refractivity contribution in [3.8, 4) is 0 Å². The highest BCUT2D eigenvalue weighted by Crippen LogP contribution is 2.36. The van der Waals surface area contributed by atoms with Gasteiger partial charge in [-0.05, 0) is 24.5 Å². The van der Waals surface area contributed by atoms with Crippen LogP contribution in [0.5, 0.6) is 0 Å². The fraction of sp³-hybridized carbons (Fsp3) is 0.846. The lowest BCUT2D eigenvalue weighted by Gasteiger charge is -2.44. The second-order valence-electron chi connectivity index (χ2n) is 5.72. The molecule has 18 heavy (non-hydrogen) atoms. The number of aliphatic carboxylic acids is 1. The van der Waals surface area contributed by atoms with Gasteiger partial charge in [-0.2, -0.15) is 11.8 Å². The van der Waals surface area contributed by atoms with Gasteiger partial charge in [-0.15, -0.1) is 0 Å². The predicted molar refractivity (Wildman–Crippen MR) is 73.7 cm³/mol. The van der Waals surface area contributed by atoms with Crippen LogP contribution in [0.25, 0.3) is 0 Å². The van der Waals surface area contributed by atoms with Crippen LogP contribution in [0.1, 0.15) is 33.6 Å². The molecule has 0 radical (unpaired) electrons. The molecule has 2 atom stereocenters. The fourth-order valence-corrected chi connectivity index (χ4v) is 3.34. The Morgan fingerprint density at radius 1 is 1.50 bits per heavy atom. The Kier molecular flexibility index (Phi) is 5.08. The molecule has 0 aromatic rings. The monoisotopic (exact) mass is 273 g/mol. The van der Waals surface area contributed by atoms with E-state index in [9.17, 15) is 14.7 Å². The first-order valence-electron chi connectivity index (χ1n) is 6.33. The van der Waals surface area contributed by atoms with Gasteiger partial charge in [-0.1, -0.05) is 20.8 Å². The van der Waals surface area contributed by atoms with Crippen LogP contribution in [0.2, 0.25) is 0 Å². The van der Waals surface area contributed by atoms with Crippen molar-refractivity contribution in [2.75, 3.05) is 18.6 Å². The summed E-state index contributed by atoms with van der Waals surface area (Å²) in [4.78, 5) is 25.4. The zero-order chi connectivity index (χ0) is 13.9. The van der Waals surface area contributed by atoms with E-state index in [4.69, 9.17) is 0 Å². The summed E-state index contributed by atoms with van der Waals surface area (Å²) < 4.78 is 0. The van der Waals surface area contributed by atoms with Gasteiger partial charge in [0, 0.05) is 18.2 Å². The summed E-state index contributed by atoms with van der Waals surface area (Å²) in [5, 5.41) is 9.41. The molecule has 1 amide bonds. The Balaban J connectivity index is 2.91. The summed E-state index contributed by atoms with van der Waals surface area (Å²) >= 11 is 1.62. The highest BCUT2D eigenvalue weighted by molar-refractivity contribution is 7.98. The molecular formula is C13H23NO3S. The molecule has 0 aromatic carbocycles. The lowest BCUT2D eigenvalue weighted by atomic mass is 9.76. The van der Waals surface area contributed by atoms with Crippen molar-refractivity contribution in [2.24, 2.45) is 11.3 Å². The molecule has 0 aromatic heterocycles. The molecule has 1 saturated heterocycles. The van der Waals surface area contributed by atoms with Gasteiger partial charge in [0.15, 0.2) is 0 Å². The van der Waals surface area contributed by atoms with E-state index in [2.05, 4.69) is 0 Å². The van der Waals surface area contributed by atoms with E-state index in [1.54, 1.807) is 16.7 Å². The number of amides is 1. The summed E-state index contributed by atoms with van der Waals surface area (Å²) in [6.45, 7) is 6.31. The van der Waals surface area contributed by atoms with Crippen molar-refractivity contribution < 1.29 is 14.7 Å². The Bertz CT molecular complexity index is 330. The quantitative estimate of drug-likeness (QED) is 0.852. The molecule has 1 aliphatic rings. The largest absolute Gasteiger partial charge is 0.480 e. The van der Waals surface area contributed by atoms with Crippen LogP contribution in [0.4, 0.5) is 0 Å². The lowest BCUT2D eigenvalue weighted by Crippen LogP contribution is -2.57. The number of rotatable bonds is 4. The Hall–Kier alpha value is -0.710. The van der Waals surface area contributed by atoms with Gasteiger partial charge in [0.1, 0.15) is 6.04 Å². The van der Waals surface area contributed by atoms with Crippen molar-refractivity contribution in [1.82, 2.24) is 4.90 Å². The van der Waals surface area contributed by atoms with Crippen LogP contribution < -0.4 is 0 Å². The zero-order valence-electron chi connectivity index (χ0n) is 11.6. The number of carboxylic acid groups (broad SMARTS) is 1. The second kappa shape index (κ2) is 5.95. The molecule has 0 spiro atoms. The molecule has 4 nitrogen and oxygen atoms in total. The minimum atomic E-state index is -0.885. The molecular weight excluding hydrogens is 250 g/mol. The van der Waals surface area contributed by atoms with Gasteiger partial charge in [0.25, 0.3) is 0 Å². The van der Waals surface area contributed by atoms with Crippen LogP contribution >= 0.6 is 11.8 Å².